The molecule has 0 aliphatic heterocycles. The van der Waals surface area contributed by atoms with E-state index in [1.807, 2.05) is 0 Å². The maximum Gasteiger partial charge on any atom is 0.0462 e. The second-order valence-electron chi connectivity index (χ2n) is 3.77. The molecule has 0 amide bonds. The standard InChI is InChI=1S/C11H25NO/c1-5-11(12-3)10(2)8-6-7-9-13-4/h10-12H,5-9H2,1-4H3. The molecule has 0 radical (unpaired) electrons. The first kappa shape index (κ1) is 12.9. The summed E-state index contributed by atoms with van der Waals surface area (Å²) in [6.45, 7) is 5.48. The molecule has 0 aliphatic carbocycles. The molecule has 0 heterocycles. The molecule has 0 aromatic rings. The summed E-state index contributed by atoms with van der Waals surface area (Å²) in [5.41, 5.74) is 0. The molecule has 1 N–H and O–H groups in total. The Hall–Kier alpha value is -0.0800. The van der Waals surface area contributed by atoms with Gasteiger partial charge in [-0.05, 0) is 32.2 Å². The first-order chi connectivity index (χ1) is 6.26. The molecule has 0 aromatic heterocycles. The van der Waals surface area contributed by atoms with E-state index in [0.29, 0.717) is 6.04 Å². The molecule has 0 fully saturated rings. The maximum absolute atomic E-state index is 5.02. The highest BCUT2D eigenvalue weighted by Gasteiger charge is 2.11. The Morgan fingerprint density at radius 1 is 1.31 bits per heavy atom. The molecule has 0 rings (SSSR count). The van der Waals surface area contributed by atoms with E-state index in [1.54, 1.807) is 7.11 Å². The molecule has 0 saturated heterocycles. The summed E-state index contributed by atoms with van der Waals surface area (Å²) >= 11 is 0. The molecule has 0 aromatic carbocycles. The normalized spacial score (nSPS) is 15.7. The maximum atomic E-state index is 5.02. The Labute approximate surface area is 83.1 Å². The van der Waals surface area contributed by atoms with Gasteiger partial charge in [-0.15, -0.1) is 0 Å². The van der Waals surface area contributed by atoms with Crippen LogP contribution < -0.4 is 5.32 Å². The van der Waals surface area contributed by atoms with E-state index in [1.165, 1.54) is 25.7 Å². The van der Waals surface area contributed by atoms with E-state index in [2.05, 4.69) is 26.2 Å². The third-order valence-electron chi connectivity index (χ3n) is 2.76. The number of ether oxygens (including phenoxy) is 1. The predicted molar refractivity (Wildman–Crippen MR) is 58.0 cm³/mol. The van der Waals surface area contributed by atoms with E-state index >= 15 is 0 Å². The zero-order valence-corrected chi connectivity index (χ0v) is 9.60. The molecule has 2 nitrogen and oxygen atoms in total. The van der Waals surface area contributed by atoms with Crippen LogP contribution in [0.5, 0.6) is 0 Å². The van der Waals surface area contributed by atoms with Gasteiger partial charge in [0.2, 0.25) is 0 Å². The number of methoxy groups -OCH3 is 1. The number of hydrogen-bond acceptors (Lipinski definition) is 2. The van der Waals surface area contributed by atoms with Crippen molar-refractivity contribution in [2.75, 3.05) is 20.8 Å². The summed E-state index contributed by atoms with van der Waals surface area (Å²) in [5.74, 6) is 0.784. The summed E-state index contributed by atoms with van der Waals surface area (Å²) in [4.78, 5) is 0. The van der Waals surface area contributed by atoms with Crippen LogP contribution >= 0.6 is 0 Å². The van der Waals surface area contributed by atoms with Gasteiger partial charge in [-0.3, -0.25) is 0 Å². The first-order valence-corrected chi connectivity index (χ1v) is 5.42. The molecule has 13 heavy (non-hydrogen) atoms. The number of nitrogens with one attached hydrogen (secondary N) is 1. The second kappa shape index (κ2) is 8.52. The molecule has 0 aliphatic rings. The fraction of sp³-hybridized carbons (Fsp3) is 1.00. The largest absolute Gasteiger partial charge is 0.385 e. The molecule has 2 unspecified atom stereocenters. The molecule has 0 spiro atoms. The van der Waals surface area contributed by atoms with Crippen molar-refractivity contribution in [1.82, 2.24) is 5.32 Å². The predicted octanol–water partition coefficient (Wildman–Crippen LogP) is 2.44. The summed E-state index contributed by atoms with van der Waals surface area (Å²) < 4.78 is 5.02. The molecule has 2 heteroatoms. The summed E-state index contributed by atoms with van der Waals surface area (Å²) in [6, 6.07) is 0.683. The third-order valence-corrected chi connectivity index (χ3v) is 2.76. The lowest BCUT2D eigenvalue weighted by atomic mass is 9.94. The van der Waals surface area contributed by atoms with Gasteiger partial charge in [-0.25, -0.2) is 0 Å². The Morgan fingerprint density at radius 2 is 2.00 bits per heavy atom. The van der Waals surface area contributed by atoms with Crippen molar-refractivity contribution in [2.24, 2.45) is 5.92 Å². The van der Waals surface area contributed by atoms with Crippen molar-refractivity contribution >= 4 is 0 Å². The number of hydrogen-bond donors (Lipinski definition) is 1. The Kier molecular flexibility index (Phi) is 8.46. The quantitative estimate of drug-likeness (QED) is 0.589. The van der Waals surface area contributed by atoms with Crippen LogP contribution in [0, 0.1) is 5.92 Å². The SMILES string of the molecule is CCC(NC)C(C)CCCCOC. The van der Waals surface area contributed by atoms with E-state index in [0.717, 1.165) is 12.5 Å². The van der Waals surface area contributed by atoms with E-state index in [-0.39, 0.29) is 0 Å². The smallest absolute Gasteiger partial charge is 0.0462 e. The van der Waals surface area contributed by atoms with Crippen molar-refractivity contribution in [2.45, 2.75) is 45.6 Å². The molecule has 0 bridgehead atoms. The van der Waals surface area contributed by atoms with Crippen LogP contribution in [0.2, 0.25) is 0 Å². The van der Waals surface area contributed by atoms with Crippen LogP contribution in [-0.4, -0.2) is 26.8 Å². The van der Waals surface area contributed by atoms with Gasteiger partial charge in [-0.1, -0.05) is 20.3 Å². The zero-order chi connectivity index (χ0) is 10.1. The van der Waals surface area contributed by atoms with Gasteiger partial charge in [0.1, 0.15) is 0 Å². The molecular formula is C11H25NO. The summed E-state index contributed by atoms with van der Waals surface area (Å²) in [6.07, 6.45) is 5.01. The average Bonchev–Trinajstić information content (AvgIpc) is 2.14. The van der Waals surface area contributed by atoms with Crippen molar-refractivity contribution in [3.05, 3.63) is 0 Å². The lowest BCUT2D eigenvalue weighted by Gasteiger charge is -2.21. The second-order valence-corrected chi connectivity index (χ2v) is 3.77. The van der Waals surface area contributed by atoms with Gasteiger partial charge in [0, 0.05) is 19.8 Å². The Balaban J connectivity index is 3.42. The van der Waals surface area contributed by atoms with Crippen LogP contribution in [0.1, 0.15) is 39.5 Å². The van der Waals surface area contributed by atoms with Gasteiger partial charge < -0.3 is 10.1 Å². The van der Waals surface area contributed by atoms with Gasteiger partial charge in [0.05, 0.1) is 0 Å². The number of unbranched alkanes of at least 4 members (excludes halogenated alkanes) is 1. The summed E-state index contributed by atoms with van der Waals surface area (Å²) in [5, 5.41) is 3.36. The lowest BCUT2D eigenvalue weighted by molar-refractivity contribution is 0.189. The van der Waals surface area contributed by atoms with Crippen LogP contribution in [0.15, 0.2) is 0 Å². The van der Waals surface area contributed by atoms with Crippen molar-refractivity contribution in [3.63, 3.8) is 0 Å². The van der Waals surface area contributed by atoms with Crippen LogP contribution in [-0.2, 0) is 4.74 Å². The van der Waals surface area contributed by atoms with Crippen LogP contribution in [0.4, 0.5) is 0 Å². The van der Waals surface area contributed by atoms with Gasteiger partial charge in [0.15, 0.2) is 0 Å². The highest BCUT2D eigenvalue weighted by Crippen LogP contribution is 2.14. The van der Waals surface area contributed by atoms with Crippen LogP contribution in [0.3, 0.4) is 0 Å². The Bertz CT molecular complexity index is 102. The molecular weight excluding hydrogens is 162 g/mol. The van der Waals surface area contributed by atoms with Crippen molar-refractivity contribution in [3.8, 4) is 0 Å². The van der Waals surface area contributed by atoms with Gasteiger partial charge in [0.25, 0.3) is 0 Å². The molecule has 0 saturated carbocycles. The molecule has 2 atom stereocenters. The van der Waals surface area contributed by atoms with Crippen LogP contribution in [0.25, 0.3) is 0 Å². The lowest BCUT2D eigenvalue weighted by Crippen LogP contribution is -2.31. The average molecular weight is 187 g/mol. The minimum Gasteiger partial charge on any atom is -0.385 e. The van der Waals surface area contributed by atoms with Gasteiger partial charge in [-0.2, -0.15) is 0 Å². The monoisotopic (exact) mass is 187 g/mol. The van der Waals surface area contributed by atoms with Crippen molar-refractivity contribution in [1.29, 1.82) is 0 Å². The van der Waals surface area contributed by atoms with E-state index in [9.17, 15) is 0 Å². The highest BCUT2D eigenvalue weighted by atomic mass is 16.5. The minimum absolute atomic E-state index is 0.683. The minimum atomic E-state index is 0.683. The topological polar surface area (TPSA) is 21.3 Å². The summed E-state index contributed by atoms with van der Waals surface area (Å²) in [7, 11) is 3.83. The highest BCUT2D eigenvalue weighted by molar-refractivity contribution is 4.69. The molecule has 80 valence electrons. The fourth-order valence-corrected chi connectivity index (χ4v) is 1.80. The number of rotatable bonds is 8. The van der Waals surface area contributed by atoms with E-state index < -0.39 is 0 Å². The third kappa shape index (κ3) is 6.05. The van der Waals surface area contributed by atoms with Gasteiger partial charge >= 0.3 is 0 Å². The Morgan fingerprint density at radius 3 is 2.46 bits per heavy atom. The fourth-order valence-electron chi connectivity index (χ4n) is 1.80. The zero-order valence-electron chi connectivity index (χ0n) is 9.60. The van der Waals surface area contributed by atoms with Crippen molar-refractivity contribution < 1.29 is 4.74 Å². The first-order valence-electron chi connectivity index (χ1n) is 5.42. The van der Waals surface area contributed by atoms with E-state index in [4.69, 9.17) is 4.74 Å².